The van der Waals surface area contributed by atoms with Gasteiger partial charge in [0, 0.05) is 55.0 Å². The standard InChI is InChI=1S/C15H18ClN3O/c1-18(2)15(20)10-4-6-19(9-10)14-8-11(16)7-13-12(14)3-5-17-13/h3,5,7-8,10,17H,4,6,9H2,1-2H3. The molecule has 1 saturated heterocycles. The van der Waals surface area contributed by atoms with Crippen LogP contribution < -0.4 is 4.90 Å². The second-order valence-electron chi connectivity index (χ2n) is 5.53. The lowest BCUT2D eigenvalue weighted by atomic mass is 10.1. The number of rotatable bonds is 2. The maximum atomic E-state index is 12.1. The summed E-state index contributed by atoms with van der Waals surface area (Å²) in [5.41, 5.74) is 2.15. The molecule has 4 nitrogen and oxygen atoms in total. The highest BCUT2D eigenvalue weighted by Gasteiger charge is 2.30. The van der Waals surface area contributed by atoms with Gasteiger partial charge >= 0.3 is 0 Å². The summed E-state index contributed by atoms with van der Waals surface area (Å²) in [7, 11) is 3.63. The van der Waals surface area contributed by atoms with Crippen LogP contribution in [0.2, 0.25) is 5.02 Å². The van der Waals surface area contributed by atoms with Crippen LogP contribution >= 0.6 is 11.6 Å². The summed E-state index contributed by atoms with van der Waals surface area (Å²) in [5, 5.41) is 1.88. The van der Waals surface area contributed by atoms with E-state index in [0.29, 0.717) is 0 Å². The first-order chi connectivity index (χ1) is 9.56. The van der Waals surface area contributed by atoms with Crippen LogP contribution in [0.1, 0.15) is 6.42 Å². The highest BCUT2D eigenvalue weighted by molar-refractivity contribution is 6.31. The SMILES string of the molecule is CN(C)C(=O)C1CCN(c2cc(Cl)cc3[nH]ccc23)C1. The molecule has 20 heavy (non-hydrogen) atoms. The summed E-state index contributed by atoms with van der Waals surface area (Å²) < 4.78 is 0. The molecule has 1 aliphatic rings. The predicted octanol–water partition coefficient (Wildman–Crippen LogP) is 2.74. The minimum atomic E-state index is 0.0815. The van der Waals surface area contributed by atoms with Crippen molar-refractivity contribution in [3.8, 4) is 0 Å². The van der Waals surface area contributed by atoms with E-state index in [0.717, 1.165) is 41.1 Å². The van der Waals surface area contributed by atoms with Crippen molar-refractivity contribution in [2.45, 2.75) is 6.42 Å². The number of fused-ring (bicyclic) bond motifs is 1. The molecule has 1 aliphatic heterocycles. The van der Waals surface area contributed by atoms with E-state index in [1.165, 1.54) is 0 Å². The van der Waals surface area contributed by atoms with Gasteiger partial charge in [-0.3, -0.25) is 4.79 Å². The molecule has 5 heteroatoms. The maximum absolute atomic E-state index is 12.1. The molecule has 0 spiro atoms. The molecule has 1 aromatic heterocycles. The Balaban J connectivity index is 1.90. The molecule has 0 aliphatic carbocycles. The molecule has 1 unspecified atom stereocenters. The Morgan fingerprint density at radius 1 is 1.45 bits per heavy atom. The van der Waals surface area contributed by atoms with Gasteiger partial charge in [0.15, 0.2) is 0 Å². The molecule has 1 N–H and O–H groups in total. The van der Waals surface area contributed by atoms with Crippen LogP contribution in [0.3, 0.4) is 0 Å². The molecular formula is C15H18ClN3O. The molecule has 2 heterocycles. The van der Waals surface area contributed by atoms with Crippen LogP contribution in [0.25, 0.3) is 10.9 Å². The lowest BCUT2D eigenvalue weighted by Crippen LogP contribution is -2.31. The van der Waals surface area contributed by atoms with Gasteiger partial charge in [-0.25, -0.2) is 0 Å². The second-order valence-corrected chi connectivity index (χ2v) is 5.96. The Morgan fingerprint density at radius 3 is 3.00 bits per heavy atom. The molecule has 2 aromatic rings. The Bertz CT molecular complexity index is 650. The molecule has 1 atom stereocenters. The number of benzene rings is 1. The Labute approximate surface area is 123 Å². The van der Waals surface area contributed by atoms with E-state index in [1.807, 2.05) is 32.4 Å². The van der Waals surface area contributed by atoms with Gasteiger partial charge in [0.2, 0.25) is 5.91 Å². The van der Waals surface area contributed by atoms with Gasteiger partial charge in [-0.05, 0) is 24.6 Å². The third-order valence-corrected chi connectivity index (χ3v) is 4.15. The first-order valence-corrected chi connectivity index (χ1v) is 7.17. The van der Waals surface area contributed by atoms with Crippen molar-refractivity contribution >= 4 is 34.1 Å². The number of aromatic nitrogens is 1. The number of halogens is 1. The number of hydrogen-bond acceptors (Lipinski definition) is 2. The number of H-pyrrole nitrogens is 1. The zero-order chi connectivity index (χ0) is 14.3. The molecule has 1 amide bonds. The summed E-state index contributed by atoms with van der Waals surface area (Å²) in [6.45, 7) is 1.66. The minimum Gasteiger partial charge on any atom is -0.370 e. The number of carbonyl (C=O) groups is 1. The first-order valence-electron chi connectivity index (χ1n) is 6.79. The molecule has 1 fully saturated rings. The fourth-order valence-corrected chi connectivity index (χ4v) is 3.13. The summed E-state index contributed by atoms with van der Waals surface area (Å²) in [5.74, 6) is 0.290. The normalized spacial score (nSPS) is 18.8. The second kappa shape index (κ2) is 5.02. The predicted molar refractivity (Wildman–Crippen MR) is 82.3 cm³/mol. The lowest BCUT2D eigenvalue weighted by molar-refractivity contribution is -0.132. The van der Waals surface area contributed by atoms with E-state index in [2.05, 4.69) is 16.0 Å². The van der Waals surface area contributed by atoms with E-state index in [9.17, 15) is 4.79 Å². The highest BCUT2D eigenvalue weighted by atomic mass is 35.5. The molecule has 0 radical (unpaired) electrons. The van der Waals surface area contributed by atoms with Crippen LogP contribution in [-0.2, 0) is 4.79 Å². The minimum absolute atomic E-state index is 0.0815. The topological polar surface area (TPSA) is 39.3 Å². The highest BCUT2D eigenvalue weighted by Crippen LogP contribution is 2.33. The number of nitrogens with zero attached hydrogens (tertiary/aromatic N) is 2. The van der Waals surface area contributed by atoms with Gasteiger partial charge in [-0.1, -0.05) is 11.6 Å². The van der Waals surface area contributed by atoms with Crippen molar-refractivity contribution in [1.29, 1.82) is 0 Å². The Hall–Kier alpha value is -1.68. The number of aromatic amines is 1. The van der Waals surface area contributed by atoms with Crippen molar-refractivity contribution < 1.29 is 4.79 Å². The third kappa shape index (κ3) is 2.24. The van der Waals surface area contributed by atoms with E-state index >= 15 is 0 Å². The van der Waals surface area contributed by atoms with Crippen molar-refractivity contribution in [2.24, 2.45) is 5.92 Å². The van der Waals surface area contributed by atoms with Crippen molar-refractivity contribution in [3.05, 3.63) is 29.4 Å². The number of nitrogens with one attached hydrogen (secondary N) is 1. The van der Waals surface area contributed by atoms with Gasteiger partial charge < -0.3 is 14.8 Å². The molecule has 106 valence electrons. The van der Waals surface area contributed by atoms with Crippen LogP contribution in [0.4, 0.5) is 5.69 Å². The summed E-state index contributed by atoms with van der Waals surface area (Å²) in [4.78, 5) is 19.2. The average molecular weight is 292 g/mol. The van der Waals surface area contributed by atoms with E-state index in [-0.39, 0.29) is 11.8 Å². The van der Waals surface area contributed by atoms with Crippen molar-refractivity contribution in [1.82, 2.24) is 9.88 Å². The third-order valence-electron chi connectivity index (χ3n) is 3.93. The summed E-state index contributed by atoms with van der Waals surface area (Å²) in [6, 6.07) is 5.97. The summed E-state index contributed by atoms with van der Waals surface area (Å²) in [6.07, 6.45) is 2.82. The largest absolute Gasteiger partial charge is 0.370 e. The Kier molecular flexibility index (Phi) is 3.34. The summed E-state index contributed by atoms with van der Waals surface area (Å²) >= 11 is 6.19. The maximum Gasteiger partial charge on any atom is 0.227 e. The first kappa shape index (κ1) is 13.3. The van der Waals surface area contributed by atoms with Gasteiger partial charge in [-0.2, -0.15) is 0 Å². The van der Waals surface area contributed by atoms with E-state index < -0.39 is 0 Å². The van der Waals surface area contributed by atoms with Crippen LogP contribution in [0.15, 0.2) is 24.4 Å². The zero-order valence-electron chi connectivity index (χ0n) is 11.7. The molecule has 1 aromatic carbocycles. The molecular weight excluding hydrogens is 274 g/mol. The monoisotopic (exact) mass is 291 g/mol. The van der Waals surface area contributed by atoms with Crippen molar-refractivity contribution in [3.63, 3.8) is 0 Å². The van der Waals surface area contributed by atoms with Crippen LogP contribution in [0, 0.1) is 5.92 Å². The lowest BCUT2D eigenvalue weighted by Gasteiger charge is -2.21. The molecule has 3 rings (SSSR count). The number of amides is 1. The van der Waals surface area contributed by atoms with E-state index in [1.54, 1.807) is 4.90 Å². The van der Waals surface area contributed by atoms with Gasteiger partial charge in [0.1, 0.15) is 0 Å². The smallest absolute Gasteiger partial charge is 0.227 e. The van der Waals surface area contributed by atoms with Crippen LogP contribution in [0.5, 0.6) is 0 Å². The molecule has 0 bridgehead atoms. The average Bonchev–Trinajstić information content (AvgIpc) is 3.05. The number of anilines is 1. The number of hydrogen-bond donors (Lipinski definition) is 1. The molecule has 0 saturated carbocycles. The van der Waals surface area contributed by atoms with Gasteiger partial charge in [-0.15, -0.1) is 0 Å². The quantitative estimate of drug-likeness (QED) is 0.924. The van der Waals surface area contributed by atoms with Gasteiger partial charge in [0.05, 0.1) is 5.92 Å². The van der Waals surface area contributed by atoms with Crippen molar-refractivity contribution in [2.75, 3.05) is 32.1 Å². The fourth-order valence-electron chi connectivity index (χ4n) is 2.92. The Morgan fingerprint density at radius 2 is 2.25 bits per heavy atom. The van der Waals surface area contributed by atoms with Crippen LogP contribution in [-0.4, -0.2) is 43.0 Å². The zero-order valence-corrected chi connectivity index (χ0v) is 12.4. The fraction of sp³-hybridized carbons (Fsp3) is 0.400. The van der Waals surface area contributed by atoms with E-state index in [4.69, 9.17) is 11.6 Å². The van der Waals surface area contributed by atoms with Gasteiger partial charge in [0.25, 0.3) is 0 Å². The number of carbonyl (C=O) groups excluding carboxylic acids is 1.